The van der Waals surface area contributed by atoms with Gasteiger partial charge in [0.05, 0.1) is 6.42 Å². The molecule has 0 aliphatic heterocycles. The standard InChI is InChI=1S/C10H13N3O3/c11-8(10(15)16)4-9(14)13-6-7-2-1-3-12-5-7/h1-3,5,8H,4,6,11H2,(H,13,14)(H,15,16). The van der Waals surface area contributed by atoms with Crippen LogP contribution in [0.5, 0.6) is 0 Å². The van der Waals surface area contributed by atoms with E-state index in [1.807, 2.05) is 6.07 Å². The Labute approximate surface area is 92.5 Å². The van der Waals surface area contributed by atoms with E-state index in [2.05, 4.69) is 10.3 Å². The first-order valence-electron chi connectivity index (χ1n) is 4.73. The zero-order chi connectivity index (χ0) is 12.0. The Hall–Kier alpha value is -1.95. The van der Waals surface area contributed by atoms with Crippen molar-refractivity contribution in [3.63, 3.8) is 0 Å². The van der Waals surface area contributed by atoms with Crippen molar-refractivity contribution < 1.29 is 14.7 Å². The molecule has 1 rings (SSSR count). The van der Waals surface area contributed by atoms with Crippen molar-refractivity contribution in [3.8, 4) is 0 Å². The molecule has 1 amide bonds. The molecule has 0 spiro atoms. The van der Waals surface area contributed by atoms with Gasteiger partial charge in [-0.05, 0) is 11.6 Å². The van der Waals surface area contributed by atoms with Crippen LogP contribution in [-0.2, 0) is 16.1 Å². The van der Waals surface area contributed by atoms with Crippen LogP contribution in [0.25, 0.3) is 0 Å². The Morgan fingerprint density at radius 2 is 2.31 bits per heavy atom. The minimum atomic E-state index is -1.18. The molecule has 0 aliphatic carbocycles. The smallest absolute Gasteiger partial charge is 0.321 e. The second-order valence-corrected chi connectivity index (χ2v) is 3.29. The number of amides is 1. The Morgan fingerprint density at radius 3 is 2.88 bits per heavy atom. The molecule has 1 heterocycles. The summed E-state index contributed by atoms with van der Waals surface area (Å²) in [6.07, 6.45) is 3.03. The van der Waals surface area contributed by atoms with Gasteiger partial charge >= 0.3 is 5.97 Å². The van der Waals surface area contributed by atoms with Crippen LogP contribution in [0.4, 0.5) is 0 Å². The minimum Gasteiger partial charge on any atom is -0.480 e. The van der Waals surface area contributed by atoms with Crippen molar-refractivity contribution in [1.82, 2.24) is 10.3 Å². The molecule has 1 aromatic rings. The number of nitrogens with zero attached hydrogens (tertiary/aromatic N) is 1. The summed E-state index contributed by atoms with van der Waals surface area (Å²) < 4.78 is 0. The number of carbonyl (C=O) groups excluding carboxylic acids is 1. The lowest BCUT2D eigenvalue weighted by atomic mass is 10.2. The summed E-state index contributed by atoms with van der Waals surface area (Å²) in [5.74, 6) is -1.57. The average molecular weight is 223 g/mol. The van der Waals surface area contributed by atoms with E-state index in [9.17, 15) is 9.59 Å². The molecule has 6 nitrogen and oxygen atoms in total. The van der Waals surface area contributed by atoms with E-state index in [4.69, 9.17) is 10.8 Å². The molecule has 4 N–H and O–H groups in total. The van der Waals surface area contributed by atoms with E-state index in [-0.39, 0.29) is 6.42 Å². The normalized spacial score (nSPS) is 11.8. The fraction of sp³-hybridized carbons (Fsp3) is 0.300. The van der Waals surface area contributed by atoms with Crippen LogP contribution in [0.2, 0.25) is 0 Å². The van der Waals surface area contributed by atoms with Gasteiger partial charge in [-0.2, -0.15) is 0 Å². The quantitative estimate of drug-likeness (QED) is 0.624. The van der Waals surface area contributed by atoms with Gasteiger partial charge < -0.3 is 16.2 Å². The van der Waals surface area contributed by atoms with Crippen molar-refractivity contribution in [2.75, 3.05) is 0 Å². The van der Waals surface area contributed by atoms with Crippen LogP contribution >= 0.6 is 0 Å². The molecule has 6 heteroatoms. The third-order valence-corrected chi connectivity index (χ3v) is 1.93. The fourth-order valence-electron chi connectivity index (χ4n) is 1.06. The molecule has 0 saturated carbocycles. The highest BCUT2D eigenvalue weighted by atomic mass is 16.4. The van der Waals surface area contributed by atoms with Crippen molar-refractivity contribution in [2.45, 2.75) is 19.0 Å². The summed E-state index contributed by atoms with van der Waals surface area (Å²) >= 11 is 0. The predicted molar refractivity (Wildman–Crippen MR) is 56.3 cm³/mol. The van der Waals surface area contributed by atoms with Gasteiger partial charge in [0.15, 0.2) is 0 Å². The molecule has 0 bridgehead atoms. The van der Waals surface area contributed by atoms with Gasteiger partial charge in [0.25, 0.3) is 0 Å². The minimum absolute atomic E-state index is 0.227. The van der Waals surface area contributed by atoms with Gasteiger partial charge in [-0.1, -0.05) is 6.07 Å². The van der Waals surface area contributed by atoms with Crippen LogP contribution in [-0.4, -0.2) is 28.0 Å². The maximum absolute atomic E-state index is 11.3. The van der Waals surface area contributed by atoms with Gasteiger partial charge in [-0.15, -0.1) is 0 Å². The summed E-state index contributed by atoms with van der Waals surface area (Å²) in [5, 5.41) is 11.1. The first-order chi connectivity index (χ1) is 7.59. The van der Waals surface area contributed by atoms with Crippen LogP contribution < -0.4 is 11.1 Å². The Kier molecular flexibility index (Phi) is 4.41. The number of pyridine rings is 1. The topological polar surface area (TPSA) is 105 Å². The van der Waals surface area contributed by atoms with Crippen molar-refractivity contribution in [3.05, 3.63) is 30.1 Å². The SMILES string of the molecule is NC(CC(=O)NCc1cccnc1)C(=O)O. The molecular formula is C10H13N3O3. The number of hydrogen-bond acceptors (Lipinski definition) is 4. The molecule has 0 aliphatic rings. The number of nitrogens with one attached hydrogen (secondary N) is 1. The largest absolute Gasteiger partial charge is 0.480 e. The summed E-state index contributed by atoms with van der Waals surface area (Å²) in [7, 11) is 0. The van der Waals surface area contributed by atoms with Gasteiger partial charge in [-0.3, -0.25) is 14.6 Å². The number of carboxylic acid groups (broad SMARTS) is 1. The van der Waals surface area contributed by atoms with Gasteiger partial charge in [-0.25, -0.2) is 0 Å². The average Bonchev–Trinajstić information content (AvgIpc) is 2.27. The van der Waals surface area contributed by atoms with E-state index in [0.717, 1.165) is 5.56 Å². The molecule has 1 atom stereocenters. The molecule has 0 radical (unpaired) electrons. The van der Waals surface area contributed by atoms with Crippen molar-refractivity contribution >= 4 is 11.9 Å². The predicted octanol–water partition coefficient (Wildman–Crippen LogP) is -0.500. The lowest BCUT2D eigenvalue weighted by Crippen LogP contribution is -2.36. The number of hydrogen-bond donors (Lipinski definition) is 3. The molecule has 0 fully saturated rings. The number of aromatic nitrogens is 1. The molecule has 0 aromatic carbocycles. The fourth-order valence-corrected chi connectivity index (χ4v) is 1.06. The Bertz CT molecular complexity index is 367. The van der Waals surface area contributed by atoms with E-state index < -0.39 is 17.9 Å². The van der Waals surface area contributed by atoms with Crippen LogP contribution in [0, 0.1) is 0 Å². The Morgan fingerprint density at radius 1 is 1.56 bits per heavy atom. The van der Waals surface area contributed by atoms with Crippen LogP contribution in [0.15, 0.2) is 24.5 Å². The number of carboxylic acids is 1. The van der Waals surface area contributed by atoms with Crippen molar-refractivity contribution in [2.24, 2.45) is 5.73 Å². The number of aliphatic carboxylic acids is 1. The zero-order valence-electron chi connectivity index (χ0n) is 8.59. The highest BCUT2D eigenvalue weighted by molar-refractivity contribution is 5.84. The molecular weight excluding hydrogens is 210 g/mol. The maximum atomic E-state index is 11.3. The van der Waals surface area contributed by atoms with E-state index in [1.54, 1.807) is 18.5 Å². The van der Waals surface area contributed by atoms with E-state index in [0.29, 0.717) is 6.54 Å². The molecule has 86 valence electrons. The number of rotatable bonds is 5. The summed E-state index contributed by atoms with van der Waals surface area (Å²) in [4.78, 5) is 25.5. The molecule has 16 heavy (non-hydrogen) atoms. The van der Waals surface area contributed by atoms with Gasteiger partial charge in [0.2, 0.25) is 5.91 Å². The first-order valence-corrected chi connectivity index (χ1v) is 4.73. The highest BCUT2D eigenvalue weighted by Crippen LogP contribution is 1.95. The van der Waals surface area contributed by atoms with E-state index in [1.165, 1.54) is 0 Å². The number of nitrogens with two attached hydrogens (primary N) is 1. The highest BCUT2D eigenvalue weighted by Gasteiger charge is 2.15. The Balaban J connectivity index is 2.33. The van der Waals surface area contributed by atoms with Crippen molar-refractivity contribution in [1.29, 1.82) is 0 Å². The van der Waals surface area contributed by atoms with E-state index >= 15 is 0 Å². The first kappa shape index (κ1) is 12.1. The second-order valence-electron chi connectivity index (χ2n) is 3.29. The molecule has 1 aromatic heterocycles. The third kappa shape index (κ3) is 4.05. The van der Waals surface area contributed by atoms with Gasteiger partial charge in [0.1, 0.15) is 6.04 Å². The summed E-state index contributed by atoms with van der Waals surface area (Å²) in [5.41, 5.74) is 6.06. The maximum Gasteiger partial charge on any atom is 0.321 e. The second kappa shape index (κ2) is 5.82. The third-order valence-electron chi connectivity index (χ3n) is 1.93. The lowest BCUT2D eigenvalue weighted by molar-refractivity contribution is -0.140. The molecule has 1 unspecified atom stereocenters. The zero-order valence-corrected chi connectivity index (χ0v) is 8.59. The summed E-state index contributed by atoms with van der Waals surface area (Å²) in [6.45, 7) is 0.318. The van der Waals surface area contributed by atoms with Gasteiger partial charge in [0, 0.05) is 18.9 Å². The van der Waals surface area contributed by atoms with Crippen LogP contribution in [0.1, 0.15) is 12.0 Å². The number of carbonyl (C=O) groups is 2. The monoisotopic (exact) mass is 223 g/mol. The summed E-state index contributed by atoms with van der Waals surface area (Å²) in [6, 6.07) is 2.41. The lowest BCUT2D eigenvalue weighted by Gasteiger charge is -2.07. The van der Waals surface area contributed by atoms with Crippen LogP contribution in [0.3, 0.4) is 0 Å². The molecule has 0 saturated heterocycles.